The van der Waals surface area contributed by atoms with Crippen molar-refractivity contribution in [1.29, 1.82) is 0 Å². The first-order valence-electron chi connectivity index (χ1n) is 20.9. The van der Waals surface area contributed by atoms with Crippen molar-refractivity contribution < 1.29 is 76.8 Å². The number of benzene rings is 5. The second-order valence-electron chi connectivity index (χ2n) is 15.1. The largest absolute Gasteiger partial charge is 0.497 e. The van der Waals surface area contributed by atoms with E-state index in [0.717, 1.165) is 0 Å². The van der Waals surface area contributed by atoms with Gasteiger partial charge in [0.05, 0.1) is 29.4 Å². The van der Waals surface area contributed by atoms with Crippen LogP contribution in [0.5, 0.6) is 11.5 Å². The summed E-state index contributed by atoms with van der Waals surface area (Å²) in [4.78, 5) is 67.9. The standard InChI is InChI=1S/C49H47NO16/c1-29(51)50-38-39(52)40(36(61-48(38)57)27-59-35-25-23-34(58-2)24-26-35)66-49-43(65-47(56)33-21-13-6-14-22-33)42(64-46(55)32-19-11-5-12-20-32)41(63-45(54)31-17-9-4-10-18-31)37(62-49)28-60-44(53)30-15-7-3-8-16-30/h3-26,36-43,48-49,52,57H,27-28H2,1-2H3,(H,50,51)/t36-,37-,38-,39+,40-,41+,42+,43-,48-,49+/m1/s1. The lowest BCUT2D eigenvalue weighted by atomic mass is 9.95. The third-order valence-corrected chi connectivity index (χ3v) is 10.6. The minimum atomic E-state index is -1.88. The molecule has 5 aromatic rings. The highest BCUT2D eigenvalue weighted by atomic mass is 16.8. The Balaban J connectivity index is 1.31. The minimum absolute atomic E-state index is 0.0572. The second-order valence-corrected chi connectivity index (χ2v) is 15.1. The topological polar surface area (TPSA) is 221 Å². The highest BCUT2D eigenvalue weighted by Crippen LogP contribution is 2.35. The number of hydrogen-bond acceptors (Lipinski definition) is 16. The van der Waals surface area contributed by atoms with Gasteiger partial charge in [0.15, 0.2) is 30.9 Å². The summed E-state index contributed by atoms with van der Waals surface area (Å²) in [5, 5.41) is 25.5. The molecule has 1 amide bonds. The molecule has 2 fully saturated rings. The number of methoxy groups -OCH3 is 1. The van der Waals surface area contributed by atoms with Crippen LogP contribution in [0.3, 0.4) is 0 Å². The highest BCUT2D eigenvalue weighted by molar-refractivity contribution is 5.91. The molecule has 0 spiro atoms. The predicted molar refractivity (Wildman–Crippen MR) is 230 cm³/mol. The number of rotatable bonds is 16. The van der Waals surface area contributed by atoms with E-state index in [0.29, 0.717) is 11.5 Å². The molecule has 0 unspecified atom stereocenters. The summed E-state index contributed by atoms with van der Waals surface area (Å²) in [6.07, 6.45) is -15.2. The molecular formula is C49H47NO16. The lowest BCUT2D eigenvalue weighted by molar-refractivity contribution is -0.342. The van der Waals surface area contributed by atoms with Gasteiger partial charge in [-0.25, -0.2) is 19.2 Å². The van der Waals surface area contributed by atoms with Crippen molar-refractivity contribution in [2.75, 3.05) is 20.3 Å². The quantitative estimate of drug-likeness (QED) is 0.0928. The average molecular weight is 906 g/mol. The van der Waals surface area contributed by atoms with Gasteiger partial charge in [-0.15, -0.1) is 0 Å². The molecule has 66 heavy (non-hydrogen) atoms. The Hall–Kier alpha value is -7.15. The van der Waals surface area contributed by atoms with Crippen LogP contribution in [0.1, 0.15) is 48.4 Å². The van der Waals surface area contributed by atoms with Gasteiger partial charge < -0.3 is 58.2 Å². The predicted octanol–water partition coefficient (Wildman–Crippen LogP) is 4.30. The first-order chi connectivity index (χ1) is 32.0. The Bertz CT molecular complexity index is 2390. The number of aliphatic hydroxyl groups excluding tert-OH is 2. The molecular weight excluding hydrogens is 859 g/mol. The first-order valence-corrected chi connectivity index (χ1v) is 20.9. The van der Waals surface area contributed by atoms with Gasteiger partial charge in [0.1, 0.15) is 55.2 Å². The zero-order chi connectivity index (χ0) is 46.6. The number of nitrogens with one attached hydrogen (secondary N) is 1. The van der Waals surface area contributed by atoms with Crippen LogP contribution in [0.4, 0.5) is 0 Å². The Morgan fingerprint density at radius 3 is 1.45 bits per heavy atom. The van der Waals surface area contributed by atoms with Gasteiger partial charge in [-0.05, 0) is 72.8 Å². The molecule has 2 saturated heterocycles. The van der Waals surface area contributed by atoms with E-state index in [9.17, 15) is 34.2 Å². The van der Waals surface area contributed by atoms with Crippen LogP contribution in [0, 0.1) is 0 Å². The molecule has 0 aliphatic carbocycles. The van der Waals surface area contributed by atoms with Crippen LogP contribution < -0.4 is 14.8 Å². The van der Waals surface area contributed by atoms with E-state index in [4.69, 9.17) is 42.6 Å². The minimum Gasteiger partial charge on any atom is -0.497 e. The molecule has 7 rings (SSSR count). The van der Waals surface area contributed by atoms with Gasteiger partial charge >= 0.3 is 23.9 Å². The van der Waals surface area contributed by atoms with E-state index >= 15 is 0 Å². The molecule has 3 N–H and O–H groups in total. The fourth-order valence-corrected chi connectivity index (χ4v) is 7.27. The van der Waals surface area contributed by atoms with Crippen LogP contribution >= 0.6 is 0 Å². The molecule has 344 valence electrons. The molecule has 2 aliphatic heterocycles. The van der Waals surface area contributed by atoms with Crippen molar-refractivity contribution in [1.82, 2.24) is 5.32 Å². The van der Waals surface area contributed by atoms with Crippen LogP contribution in [0.2, 0.25) is 0 Å². The molecule has 17 nitrogen and oxygen atoms in total. The number of carbonyl (C=O) groups is 5. The summed E-state index contributed by atoms with van der Waals surface area (Å²) in [5.41, 5.74) is 0.382. The van der Waals surface area contributed by atoms with Crippen LogP contribution in [-0.2, 0) is 38.0 Å². The van der Waals surface area contributed by atoms with Crippen molar-refractivity contribution in [2.45, 2.75) is 68.3 Å². The fraction of sp³-hybridized carbons (Fsp3) is 0.286. The third-order valence-electron chi connectivity index (χ3n) is 10.6. The fourth-order valence-electron chi connectivity index (χ4n) is 7.27. The van der Waals surface area contributed by atoms with E-state index in [1.807, 2.05) is 0 Å². The first kappa shape index (κ1) is 46.8. The van der Waals surface area contributed by atoms with Crippen LogP contribution in [0.15, 0.2) is 146 Å². The number of esters is 4. The zero-order valence-electron chi connectivity index (χ0n) is 35.7. The highest BCUT2D eigenvalue weighted by Gasteiger charge is 2.56. The number of carbonyl (C=O) groups excluding carboxylic acids is 5. The van der Waals surface area contributed by atoms with Gasteiger partial charge in [-0.3, -0.25) is 4.79 Å². The maximum absolute atomic E-state index is 14.1. The summed E-state index contributed by atoms with van der Waals surface area (Å²) in [5.74, 6) is -3.34. The number of amides is 1. The smallest absolute Gasteiger partial charge is 0.338 e. The van der Waals surface area contributed by atoms with Crippen LogP contribution in [-0.4, -0.2) is 122 Å². The normalized spacial score (nSPS) is 24.7. The van der Waals surface area contributed by atoms with E-state index < -0.39 is 97.7 Å². The molecule has 2 heterocycles. The monoisotopic (exact) mass is 905 g/mol. The molecule has 0 saturated carbocycles. The zero-order valence-corrected chi connectivity index (χ0v) is 35.7. The number of aliphatic hydroxyl groups is 2. The molecule has 0 bridgehead atoms. The maximum Gasteiger partial charge on any atom is 0.338 e. The summed E-state index contributed by atoms with van der Waals surface area (Å²) in [6.45, 7) is 0.141. The van der Waals surface area contributed by atoms with Gasteiger partial charge in [0, 0.05) is 6.92 Å². The van der Waals surface area contributed by atoms with E-state index in [1.54, 1.807) is 97.1 Å². The Kier molecular flexibility index (Phi) is 15.7. The summed E-state index contributed by atoms with van der Waals surface area (Å²) >= 11 is 0. The Morgan fingerprint density at radius 1 is 0.530 bits per heavy atom. The molecule has 0 radical (unpaired) electrons. The van der Waals surface area contributed by atoms with E-state index in [-0.39, 0.29) is 28.9 Å². The Labute approximate surface area is 379 Å². The number of hydrogen-bond donors (Lipinski definition) is 3. The summed E-state index contributed by atoms with van der Waals surface area (Å²) < 4.78 is 54.3. The van der Waals surface area contributed by atoms with Crippen molar-refractivity contribution in [2.24, 2.45) is 0 Å². The molecule has 5 aromatic carbocycles. The Morgan fingerprint density at radius 2 is 0.970 bits per heavy atom. The van der Waals surface area contributed by atoms with Gasteiger partial charge in [-0.1, -0.05) is 72.8 Å². The van der Waals surface area contributed by atoms with E-state index in [2.05, 4.69) is 5.32 Å². The molecule has 0 aromatic heterocycles. The van der Waals surface area contributed by atoms with Gasteiger partial charge in [0.25, 0.3) is 0 Å². The molecule has 17 heteroatoms. The third kappa shape index (κ3) is 11.7. The van der Waals surface area contributed by atoms with Gasteiger partial charge in [-0.2, -0.15) is 0 Å². The SMILES string of the molecule is COc1ccc(OC[C@H]2O[C@@H](O)[C@H](NC(C)=O)[C@H](O)[C@@H]2O[C@@H]2O[C@H](COC(=O)c3ccccc3)[C@H](OC(=O)c3ccccc3)[C@H](OC(=O)c3ccccc3)[C@H]2OC(=O)c2ccccc2)cc1. The van der Waals surface area contributed by atoms with Crippen molar-refractivity contribution >= 4 is 29.8 Å². The van der Waals surface area contributed by atoms with Crippen molar-refractivity contribution in [3.8, 4) is 11.5 Å². The van der Waals surface area contributed by atoms with Crippen molar-refractivity contribution in [3.05, 3.63) is 168 Å². The summed E-state index contributed by atoms with van der Waals surface area (Å²) in [6, 6.07) is 36.5. The van der Waals surface area contributed by atoms with Crippen molar-refractivity contribution in [3.63, 3.8) is 0 Å². The average Bonchev–Trinajstić information content (AvgIpc) is 3.35. The van der Waals surface area contributed by atoms with Crippen LogP contribution in [0.25, 0.3) is 0 Å². The molecule has 10 atom stereocenters. The maximum atomic E-state index is 14.1. The van der Waals surface area contributed by atoms with Gasteiger partial charge in [0.2, 0.25) is 5.91 Å². The lowest BCUT2D eigenvalue weighted by Gasteiger charge is -2.48. The lowest BCUT2D eigenvalue weighted by Crippen LogP contribution is -2.68. The molecule has 2 aliphatic rings. The second kappa shape index (κ2) is 22.2. The summed E-state index contributed by atoms with van der Waals surface area (Å²) in [7, 11) is 1.50. The number of ether oxygens (including phenoxy) is 9. The van der Waals surface area contributed by atoms with E-state index in [1.165, 1.54) is 62.6 Å².